The summed E-state index contributed by atoms with van der Waals surface area (Å²) >= 11 is 0. The number of hydrogen-bond donors (Lipinski definition) is 5. The molecule has 0 unspecified atom stereocenters. The van der Waals surface area contributed by atoms with Crippen LogP contribution in [0.2, 0.25) is 0 Å². The van der Waals surface area contributed by atoms with Crippen molar-refractivity contribution in [1.29, 1.82) is 0 Å². The number of hydrogen-bond acceptors (Lipinski definition) is 3. The van der Waals surface area contributed by atoms with Crippen molar-refractivity contribution in [3.05, 3.63) is 90.0 Å². The van der Waals surface area contributed by atoms with Gasteiger partial charge in [-0.25, -0.2) is 18.4 Å². The summed E-state index contributed by atoms with van der Waals surface area (Å²) in [6.45, 7) is 0. The van der Waals surface area contributed by atoms with Gasteiger partial charge in [-0.1, -0.05) is 30.3 Å². The number of rotatable bonds is 4. The fraction of sp³-hybridized carbons (Fsp3) is 0.0455. The van der Waals surface area contributed by atoms with Gasteiger partial charge in [-0.3, -0.25) is 4.79 Å². The number of urea groups is 2. The molecule has 8 nitrogen and oxygen atoms in total. The fourth-order valence-electron chi connectivity index (χ4n) is 3.33. The van der Waals surface area contributed by atoms with Crippen molar-refractivity contribution in [3.8, 4) is 0 Å². The Morgan fingerprint density at radius 1 is 0.750 bits per heavy atom. The third-order valence-corrected chi connectivity index (χ3v) is 4.69. The van der Waals surface area contributed by atoms with Crippen LogP contribution in [0.25, 0.3) is 0 Å². The highest BCUT2D eigenvalue weighted by Gasteiger charge is 2.49. The van der Waals surface area contributed by atoms with Crippen molar-refractivity contribution in [2.24, 2.45) is 0 Å². The minimum Gasteiger partial charge on any atom is -0.322 e. The van der Waals surface area contributed by atoms with Gasteiger partial charge in [0.25, 0.3) is 5.91 Å². The lowest BCUT2D eigenvalue weighted by molar-refractivity contribution is -0.122. The maximum atomic E-state index is 13.4. The Hall–Kier alpha value is -4.47. The Labute approximate surface area is 181 Å². The number of carbonyl (C=O) groups excluding carboxylic acids is 3. The molecule has 0 saturated heterocycles. The van der Waals surface area contributed by atoms with E-state index >= 15 is 0 Å². The second-order valence-electron chi connectivity index (χ2n) is 6.93. The molecule has 0 aromatic heterocycles. The molecule has 0 bridgehead atoms. The summed E-state index contributed by atoms with van der Waals surface area (Å²) in [5.41, 5.74) is -1.02. The van der Waals surface area contributed by atoms with Gasteiger partial charge in [-0.2, -0.15) is 0 Å². The Kier molecular flexibility index (Phi) is 5.42. The largest absolute Gasteiger partial charge is 0.322 e. The normalized spacial score (nSPS) is 13.5. The van der Waals surface area contributed by atoms with E-state index in [0.29, 0.717) is 5.69 Å². The lowest BCUT2D eigenvalue weighted by Gasteiger charge is -2.30. The zero-order valence-corrected chi connectivity index (χ0v) is 16.4. The fourth-order valence-corrected chi connectivity index (χ4v) is 3.33. The van der Waals surface area contributed by atoms with Crippen LogP contribution in [-0.2, 0) is 10.5 Å². The number of carbonyl (C=O) groups is 3. The Balaban J connectivity index is 1.61. The third kappa shape index (κ3) is 4.19. The number of halogens is 2. The molecule has 0 aliphatic carbocycles. The summed E-state index contributed by atoms with van der Waals surface area (Å²) in [4.78, 5) is 38.3. The van der Waals surface area contributed by atoms with Gasteiger partial charge < -0.3 is 26.6 Å². The molecular formula is C22H17F2N5O3. The van der Waals surface area contributed by atoms with E-state index in [4.69, 9.17) is 0 Å². The predicted molar refractivity (Wildman–Crippen MR) is 114 cm³/mol. The van der Waals surface area contributed by atoms with Gasteiger partial charge in [-0.15, -0.1) is 0 Å². The molecule has 5 amide bonds. The summed E-state index contributed by atoms with van der Waals surface area (Å²) in [6.07, 6.45) is 0. The van der Waals surface area contributed by atoms with Crippen molar-refractivity contribution in [1.82, 2.24) is 10.6 Å². The van der Waals surface area contributed by atoms with E-state index < -0.39 is 35.3 Å². The predicted octanol–water partition coefficient (Wildman–Crippen LogP) is 3.71. The lowest BCUT2D eigenvalue weighted by atomic mass is 10.0. The van der Waals surface area contributed by atoms with Gasteiger partial charge in [0.1, 0.15) is 11.6 Å². The van der Waals surface area contributed by atoms with Crippen LogP contribution in [-0.4, -0.2) is 18.0 Å². The monoisotopic (exact) mass is 437 g/mol. The summed E-state index contributed by atoms with van der Waals surface area (Å²) < 4.78 is 26.9. The first-order valence-electron chi connectivity index (χ1n) is 9.46. The van der Waals surface area contributed by atoms with Gasteiger partial charge in [0.15, 0.2) is 0 Å². The maximum Gasteiger partial charge on any atom is 0.321 e. The Bertz CT molecular complexity index is 1160. The van der Waals surface area contributed by atoms with E-state index in [1.54, 1.807) is 24.3 Å². The number of anilines is 3. The molecule has 1 aliphatic rings. The van der Waals surface area contributed by atoms with Crippen LogP contribution in [0, 0.1) is 11.6 Å². The van der Waals surface area contributed by atoms with Gasteiger partial charge in [0.2, 0.25) is 5.66 Å². The molecule has 3 aromatic carbocycles. The van der Waals surface area contributed by atoms with Crippen LogP contribution in [0.3, 0.4) is 0 Å². The van der Waals surface area contributed by atoms with Crippen LogP contribution in [0.1, 0.15) is 5.56 Å². The SMILES string of the molecule is O=C(Nc1cccc(F)c1)NC1(NC(=O)Nc2cccc(F)c2)C(=O)Nc2ccccc21. The van der Waals surface area contributed by atoms with Gasteiger partial charge in [-0.05, 0) is 42.5 Å². The number of nitrogens with one attached hydrogen (secondary N) is 5. The minimum atomic E-state index is -1.98. The molecule has 0 atom stereocenters. The molecule has 1 aliphatic heterocycles. The molecule has 0 saturated carbocycles. The van der Waals surface area contributed by atoms with E-state index in [1.807, 2.05) is 0 Å². The molecule has 4 rings (SSSR count). The molecule has 5 N–H and O–H groups in total. The summed E-state index contributed by atoms with van der Waals surface area (Å²) in [5, 5.41) is 12.4. The zero-order chi connectivity index (χ0) is 22.7. The Morgan fingerprint density at radius 2 is 1.28 bits per heavy atom. The lowest BCUT2D eigenvalue weighted by Crippen LogP contribution is -2.63. The highest BCUT2D eigenvalue weighted by molar-refractivity contribution is 6.10. The topological polar surface area (TPSA) is 111 Å². The van der Waals surface area contributed by atoms with E-state index in [1.165, 1.54) is 36.4 Å². The van der Waals surface area contributed by atoms with Crippen LogP contribution >= 0.6 is 0 Å². The molecule has 3 aromatic rings. The molecule has 0 radical (unpaired) electrons. The molecule has 0 fully saturated rings. The number of amides is 5. The van der Waals surface area contributed by atoms with Crippen LogP contribution in [0.5, 0.6) is 0 Å². The maximum absolute atomic E-state index is 13.4. The van der Waals surface area contributed by atoms with Crippen molar-refractivity contribution in [3.63, 3.8) is 0 Å². The first-order chi connectivity index (χ1) is 15.4. The highest BCUT2D eigenvalue weighted by atomic mass is 19.1. The molecule has 162 valence electrons. The Morgan fingerprint density at radius 3 is 1.81 bits per heavy atom. The van der Waals surface area contributed by atoms with Crippen molar-refractivity contribution in [2.75, 3.05) is 16.0 Å². The number of benzene rings is 3. The zero-order valence-electron chi connectivity index (χ0n) is 16.4. The van der Waals surface area contributed by atoms with Crippen LogP contribution in [0.4, 0.5) is 35.4 Å². The average Bonchev–Trinajstić information content (AvgIpc) is 2.99. The van der Waals surface area contributed by atoms with Gasteiger partial charge >= 0.3 is 12.1 Å². The first kappa shape index (κ1) is 20.8. The quantitative estimate of drug-likeness (QED) is 0.401. The summed E-state index contributed by atoms with van der Waals surface area (Å²) in [5.74, 6) is -1.84. The van der Waals surface area contributed by atoms with E-state index in [0.717, 1.165) is 12.1 Å². The second kappa shape index (κ2) is 8.34. The van der Waals surface area contributed by atoms with Crippen LogP contribution in [0.15, 0.2) is 72.8 Å². The summed E-state index contributed by atoms with van der Waals surface area (Å²) in [7, 11) is 0. The van der Waals surface area contributed by atoms with Crippen molar-refractivity contribution in [2.45, 2.75) is 5.66 Å². The molecule has 10 heteroatoms. The van der Waals surface area contributed by atoms with E-state index in [2.05, 4.69) is 26.6 Å². The van der Waals surface area contributed by atoms with Gasteiger partial charge in [0, 0.05) is 22.6 Å². The number of para-hydroxylation sites is 1. The van der Waals surface area contributed by atoms with E-state index in [-0.39, 0.29) is 16.9 Å². The summed E-state index contributed by atoms with van der Waals surface area (Å²) in [6, 6.07) is 15.1. The molecule has 0 spiro atoms. The van der Waals surface area contributed by atoms with Crippen LogP contribution < -0.4 is 26.6 Å². The van der Waals surface area contributed by atoms with Crippen molar-refractivity contribution >= 4 is 35.0 Å². The average molecular weight is 437 g/mol. The van der Waals surface area contributed by atoms with Crippen molar-refractivity contribution < 1.29 is 23.2 Å². The second-order valence-corrected chi connectivity index (χ2v) is 6.93. The molecule has 1 heterocycles. The smallest absolute Gasteiger partial charge is 0.321 e. The molecular weight excluding hydrogens is 420 g/mol. The third-order valence-electron chi connectivity index (χ3n) is 4.69. The van der Waals surface area contributed by atoms with Gasteiger partial charge in [0.05, 0.1) is 0 Å². The highest BCUT2D eigenvalue weighted by Crippen LogP contribution is 2.34. The van der Waals surface area contributed by atoms with E-state index in [9.17, 15) is 23.2 Å². The number of fused-ring (bicyclic) bond motifs is 1. The standard InChI is InChI=1S/C22H17F2N5O3/c23-13-5-3-7-15(11-13)25-20(31)28-22(17-9-1-2-10-18(17)27-19(22)30)29-21(32)26-16-8-4-6-14(24)12-16/h1-12H,(H,27,30)(H2,25,28,31)(H2,26,29,32). The molecule has 32 heavy (non-hydrogen) atoms. The minimum absolute atomic E-state index is 0.147. The first-order valence-corrected chi connectivity index (χ1v) is 9.46.